The highest BCUT2D eigenvalue weighted by molar-refractivity contribution is 5.97. The van der Waals surface area contributed by atoms with E-state index in [0.717, 1.165) is 12.8 Å². The Kier molecular flexibility index (Phi) is 6.57. The van der Waals surface area contributed by atoms with Crippen molar-refractivity contribution in [2.45, 2.75) is 32.6 Å². The molecule has 1 rings (SSSR count). The van der Waals surface area contributed by atoms with E-state index in [-0.39, 0.29) is 23.3 Å². The largest absolute Gasteiger partial charge is 0.376 e. The van der Waals surface area contributed by atoms with Gasteiger partial charge >= 0.3 is 0 Å². The zero-order valence-electron chi connectivity index (χ0n) is 11.9. The van der Waals surface area contributed by atoms with Gasteiger partial charge in [-0.2, -0.15) is 5.26 Å². The first kappa shape index (κ1) is 16.0. The van der Waals surface area contributed by atoms with E-state index in [4.69, 9.17) is 11.0 Å². The molecule has 0 atom stereocenters. The molecule has 1 fully saturated rings. The van der Waals surface area contributed by atoms with Crippen molar-refractivity contribution in [2.75, 3.05) is 19.6 Å². The molecule has 6 heteroatoms. The molecular weight excluding hydrogens is 256 g/mol. The van der Waals surface area contributed by atoms with Crippen molar-refractivity contribution >= 4 is 11.8 Å². The lowest BCUT2D eigenvalue weighted by Gasteiger charge is -2.29. The maximum Gasteiger partial charge on any atom is 0.263 e. The molecule has 0 saturated carbocycles. The van der Waals surface area contributed by atoms with Crippen LogP contribution in [-0.2, 0) is 9.59 Å². The lowest BCUT2D eigenvalue weighted by Crippen LogP contribution is -2.36. The molecule has 1 aliphatic heterocycles. The summed E-state index contributed by atoms with van der Waals surface area (Å²) >= 11 is 0. The van der Waals surface area contributed by atoms with Crippen LogP contribution in [0.1, 0.15) is 32.6 Å². The second kappa shape index (κ2) is 8.20. The molecule has 0 spiro atoms. The predicted octanol–water partition coefficient (Wildman–Crippen LogP) is 0.507. The zero-order chi connectivity index (χ0) is 15.0. The summed E-state index contributed by atoms with van der Waals surface area (Å²) in [6.45, 7) is 3.90. The first-order chi connectivity index (χ1) is 9.58. The molecule has 0 aliphatic carbocycles. The molecule has 110 valence electrons. The zero-order valence-corrected chi connectivity index (χ0v) is 11.9. The van der Waals surface area contributed by atoms with Crippen LogP contribution in [0.25, 0.3) is 0 Å². The Labute approximate surface area is 119 Å². The second-order valence-electron chi connectivity index (χ2n) is 4.98. The smallest absolute Gasteiger partial charge is 0.263 e. The van der Waals surface area contributed by atoms with Crippen LogP contribution in [0.15, 0.2) is 11.8 Å². The molecule has 2 amide bonds. The van der Waals surface area contributed by atoms with Crippen molar-refractivity contribution in [3.8, 4) is 6.07 Å². The number of unbranched alkanes of at least 4 members (excludes halogenated alkanes) is 1. The second-order valence-corrected chi connectivity index (χ2v) is 4.98. The Morgan fingerprint density at radius 2 is 2.10 bits per heavy atom. The summed E-state index contributed by atoms with van der Waals surface area (Å²) in [5.41, 5.74) is 5.38. The molecule has 6 nitrogen and oxygen atoms in total. The summed E-state index contributed by atoms with van der Waals surface area (Å²) in [6.07, 6.45) is 4.81. The summed E-state index contributed by atoms with van der Waals surface area (Å²) in [5, 5.41) is 11.8. The summed E-state index contributed by atoms with van der Waals surface area (Å²) < 4.78 is 0. The van der Waals surface area contributed by atoms with Crippen molar-refractivity contribution in [3.05, 3.63) is 11.8 Å². The highest BCUT2D eigenvalue weighted by Crippen LogP contribution is 2.17. The van der Waals surface area contributed by atoms with Gasteiger partial charge in [0.25, 0.3) is 5.91 Å². The fraction of sp³-hybridized carbons (Fsp3) is 0.643. The Morgan fingerprint density at radius 1 is 1.45 bits per heavy atom. The summed E-state index contributed by atoms with van der Waals surface area (Å²) in [4.78, 5) is 24.8. The van der Waals surface area contributed by atoms with E-state index >= 15 is 0 Å². The number of likely N-dealkylation sites (tertiary alicyclic amines) is 1. The number of primary amides is 1. The first-order valence-electron chi connectivity index (χ1n) is 7.02. The highest BCUT2D eigenvalue weighted by Gasteiger charge is 2.22. The number of carbonyl (C=O) groups excluding carboxylic acids is 2. The topological polar surface area (TPSA) is 99.2 Å². The van der Waals surface area contributed by atoms with Crippen LogP contribution in [0.2, 0.25) is 0 Å². The minimum Gasteiger partial charge on any atom is -0.376 e. The van der Waals surface area contributed by atoms with E-state index in [1.54, 1.807) is 6.20 Å². The van der Waals surface area contributed by atoms with Crippen LogP contribution in [0, 0.1) is 17.2 Å². The van der Waals surface area contributed by atoms with Crippen molar-refractivity contribution < 1.29 is 9.59 Å². The molecule has 0 bridgehead atoms. The molecule has 20 heavy (non-hydrogen) atoms. The van der Waals surface area contributed by atoms with E-state index in [9.17, 15) is 9.59 Å². The molecule has 0 radical (unpaired) electrons. The van der Waals surface area contributed by atoms with Crippen LogP contribution in [0.4, 0.5) is 0 Å². The maximum atomic E-state index is 11.8. The molecule has 3 N–H and O–H groups in total. The lowest BCUT2D eigenvalue weighted by atomic mass is 9.96. The van der Waals surface area contributed by atoms with Gasteiger partial charge in [0.05, 0.1) is 0 Å². The predicted molar refractivity (Wildman–Crippen MR) is 75.1 cm³/mol. The van der Waals surface area contributed by atoms with Crippen LogP contribution in [-0.4, -0.2) is 36.3 Å². The van der Waals surface area contributed by atoms with Crippen molar-refractivity contribution in [3.63, 3.8) is 0 Å². The lowest BCUT2D eigenvalue weighted by molar-refractivity contribution is -0.123. The van der Waals surface area contributed by atoms with Gasteiger partial charge in [0.2, 0.25) is 5.91 Å². The normalized spacial score (nSPS) is 16.6. The maximum absolute atomic E-state index is 11.8. The molecule has 1 heterocycles. The monoisotopic (exact) mass is 278 g/mol. The van der Waals surface area contributed by atoms with Gasteiger partial charge in [-0.05, 0) is 19.3 Å². The number of rotatable bonds is 6. The number of nitrogens with one attached hydrogen (secondary N) is 1. The first-order valence-corrected chi connectivity index (χ1v) is 7.02. The van der Waals surface area contributed by atoms with Gasteiger partial charge in [0.15, 0.2) is 0 Å². The molecule has 0 aromatic rings. The Balaban J connectivity index is 2.52. The number of carbonyl (C=O) groups is 2. The van der Waals surface area contributed by atoms with Gasteiger partial charge in [-0.25, -0.2) is 0 Å². The average molecular weight is 278 g/mol. The van der Waals surface area contributed by atoms with E-state index in [2.05, 4.69) is 5.32 Å². The van der Waals surface area contributed by atoms with Gasteiger partial charge in [-0.15, -0.1) is 0 Å². The van der Waals surface area contributed by atoms with Crippen LogP contribution in [0.5, 0.6) is 0 Å². The third kappa shape index (κ3) is 4.92. The minimum atomic E-state index is -0.335. The number of nitrogens with zero attached hydrogens (tertiary/aromatic N) is 2. The third-order valence-corrected chi connectivity index (χ3v) is 3.42. The van der Waals surface area contributed by atoms with E-state index < -0.39 is 0 Å². The fourth-order valence-corrected chi connectivity index (χ4v) is 2.11. The number of nitrogens with two attached hydrogens (primary N) is 1. The van der Waals surface area contributed by atoms with Gasteiger partial charge in [0.1, 0.15) is 11.6 Å². The molecule has 1 aliphatic rings. The standard InChI is InChI=1S/C14H22N4O2/c1-2-3-6-17-14(20)12(9-15)10-18-7-4-11(5-8-18)13(16)19/h10-11H,2-8H2,1H3,(H2,16,19)(H,17,20)/b12-10+. The Bertz CT molecular complexity index is 417. The Hall–Kier alpha value is -2.03. The summed E-state index contributed by atoms with van der Waals surface area (Å²) in [7, 11) is 0. The SMILES string of the molecule is CCCCNC(=O)/C(C#N)=C/N1CCC(C(N)=O)CC1. The molecule has 0 aromatic heterocycles. The average Bonchev–Trinajstić information content (AvgIpc) is 2.45. The quantitative estimate of drug-likeness (QED) is 0.420. The molecule has 1 saturated heterocycles. The fourth-order valence-electron chi connectivity index (χ4n) is 2.11. The number of nitriles is 1. The van der Waals surface area contributed by atoms with E-state index in [0.29, 0.717) is 32.5 Å². The van der Waals surface area contributed by atoms with Gasteiger partial charge in [-0.3, -0.25) is 9.59 Å². The molecule has 0 aromatic carbocycles. The molecule has 0 unspecified atom stereocenters. The van der Waals surface area contributed by atoms with Crippen molar-refractivity contribution in [2.24, 2.45) is 11.7 Å². The van der Waals surface area contributed by atoms with Crippen LogP contribution < -0.4 is 11.1 Å². The number of hydrogen-bond donors (Lipinski definition) is 2. The summed E-state index contributed by atoms with van der Waals surface area (Å²) in [5.74, 6) is -0.701. The highest BCUT2D eigenvalue weighted by atomic mass is 16.2. The minimum absolute atomic E-state index is 0.0939. The number of amides is 2. The van der Waals surface area contributed by atoms with E-state index in [1.807, 2.05) is 17.9 Å². The van der Waals surface area contributed by atoms with Crippen LogP contribution in [0.3, 0.4) is 0 Å². The number of hydrogen-bond acceptors (Lipinski definition) is 4. The van der Waals surface area contributed by atoms with Crippen molar-refractivity contribution in [1.82, 2.24) is 10.2 Å². The number of piperidine rings is 1. The van der Waals surface area contributed by atoms with Gasteiger partial charge < -0.3 is 16.0 Å². The third-order valence-electron chi connectivity index (χ3n) is 3.42. The van der Waals surface area contributed by atoms with Gasteiger partial charge in [-0.1, -0.05) is 13.3 Å². The Morgan fingerprint density at radius 3 is 2.60 bits per heavy atom. The summed E-state index contributed by atoms with van der Waals surface area (Å²) in [6, 6.07) is 1.93. The van der Waals surface area contributed by atoms with Gasteiger partial charge in [0, 0.05) is 31.8 Å². The van der Waals surface area contributed by atoms with Crippen LogP contribution >= 0.6 is 0 Å². The molecular formula is C14H22N4O2. The van der Waals surface area contributed by atoms with E-state index in [1.165, 1.54) is 0 Å². The van der Waals surface area contributed by atoms with Crippen molar-refractivity contribution in [1.29, 1.82) is 5.26 Å².